The molecule has 0 bridgehead atoms. The Morgan fingerprint density at radius 1 is 0.889 bits per heavy atom. The van der Waals surface area contributed by atoms with Crippen LogP contribution in [0.15, 0.2) is 66.0 Å². The molecule has 0 spiro atoms. The summed E-state index contributed by atoms with van der Waals surface area (Å²) >= 11 is 0. The summed E-state index contributed by atoms with van der Waals surface area (Å²) in [7, 11) is 4.98. The first-order chi connectivity index (χ1) is 26.1. The number of pyridine rings is 2. The van der Waals surface area contributed by atoms with Crippen LogP contribution in [-0.2, 0) is 34.5 Å². The number of aromatic nitrogens is 5. The smallest absolute Gasteiger partial charge is 0.262 e. The number of rotatable bonds is 10. The van der Waals surface area contributed by atoms with E-state index in [-0.39, 0.29) is 42.2 Å². The number of ether oxygens (including phenoxy) is 3. The topological polar surface area (TPSA) is 180 Å². The Balaban J connectivity index is 0.920. The number of fused-ring (bicyclic) bond motifs is 2. The molecule has 3 aromatic heterocycles. The van der Waals surface area contributed by atoms with Crippen molar-refractivity contribution in [2.45, 2.75) is 44.6 Å². The molecule has 3 aliphatic rings. The van der Waals surface area contributed by atoms with Gasteiger partial charge in [-0.05, 0) is 60.2 Å². The summed E-state index contributed by atoms with van der Waals surface area (Å²) in [5.74, 6) is -0.918. The molecule has 2 unspecified atom stereocenters. The van der Waals surface area contributed by atoms with Gasteiger partial charge < -0.3 is 18.8 Å². The fourth-order valence-electron chi connectivity index (χ4n) is 7.43. The summed E-state index contributed by atoms with van der Waals surface area (Å²) < 4.78 is 21.0. The van der Waals surface area contributed by atoms with Gasteiger partial charge in [-0.2, -0.15) is 0 Å². The van der Waals surface area contributed by atoms with Gasteiger partial charge in [-0.15, -0.1) is 5.10 Å². The largest absolute Gasteiger partial charge is 0.496 e. The minimum absolute atomic E-state index is 0.0479. The lowest BCUT2D eigenvalue weighted by Crippen LogP contribution is -2.54. The average Bonchev–Trinajstić information content (AvgIpc) is 3.91. The van der Waals surface area contributed by atoms with Crippen LogP contribution in [0.3, 0.4) is 0 Å². The third kappa shape index (κ3) is 6.18. The maximum Gasteiger partial charge on any atom is 0.262 e. The van der Waals surface area contributed by atoms with Gasteiger partial charge in [0.05, 0.1) is 60.9 Å². The quantitative estimate of drug-likeness (QED) is 0.208. The number of piperidine rings is 1. The van der Waals surface area contributed by atoms with Crippen LogP contribution in [0.1, 0.15) is 51.2 Å². The van der Waals surface area contributed by atoms with Crippen molar-refractivity contribution in [2.75, 3.05) is 27.3 Å². The highest BCUT2D eigenvalue weighted by molar-refractivity contribution is 6.23. The number of carbonyl (C=O) groups is 4. The Morgan fingerprint density at radius 2 is 1.67 bits per heavy atom. The molecule has 16 heteroatoms. The predicted octanol–water partition coefficient (Wildman–Crippen LogP) is 2.39. The van der Waals surface area contributed by atoms with Crippen LogP contribution in [0, 0.1) is 0 Å². The van der Waals surface area contributed by atoms with E-state index in [0.29, 0.717) is 41.4 Å². The third-order valence-electron chi connectivity index (χ3n) is 10.2. The molecule has 16 nitrogen and oxygen atoms in total. The Bertz CT molecular complexity index is 2400. The van der Waals surface area contributed by atoms with Crippen molar-refractivity contribution in [1.29, 1.82) is 0 Å². The summed E-state index contributed by atoms with van der Waals surface area (Å²) in [4.78, 5) is 70.4. The number of amides is 4. The zero-order valence-corrected chi connectivity index (χ0v) is 29.8. The molecular formula is C38H36N8O8. The second-order valence-electron chi connectivity index (χ2n) is 13.5. The van der Waals surface area contributed by atoms with Gasteiger partial charge in [0, 0.05) is 57.3 Å². The average molecular weight is 733 g/mol. The first-order valence-electron chi connectivity index (χ1n) is 17.4. The van der Waals surface area contributed by atoms with E-state index in [9.17, 15) is 24.0 Å². The van der Waals surface area contributed by atoms with Crippen LogP contribution in [-0.4, -0.2) is 97.4 Å². The lowest BCUT2D eigenvalue weighted by atomic mass is 9.99. The lowest BCUT2D eigenvalue weighted by molar-refractivity contribution is -0.136. The van der Waals surface area contributed by atoms with E-state index in [0.717, 1.165) is 39.9 Å². The molecule has 2 saturated heterocycles. The molecule has 2 aromatic carbocycles. The van der Waals surface area contributed by atoms with Gasteiger partial charge in [0.25, 0.3) is 17.4 Å². The number of nitrogens with one attached hydrogen (secondary N) is 1. The van der Waals surface area contributed by atoms with Crippen LogP contribution in [0.25, 0.3) is 27.6 Å². The molecule has 1 N–H and O–H groups in total. The normalized spacial score (nSPS) is 18.8. The Morgan fingerprint density at radius 3 is 2.43 bits per heavy atom. The zero-order valence-electron chi connectivity index (χ0n) is 29.8. The maximum absolute atomic E-state index is 13.3. The number of benzene rings is 2. The van der Waals surface area contributed by atoms with Crippen molar-refractivity contribution in [3.63, 3.8) is 0 Å². The van der Waals surface area contributed by atoms with Crippen molar-refractivity contribution in [3.05, 3.63) is 93.9 Å². The van der Waals surface area contributed by atoms with Gasteiger partial charge in [0.15, 0.2) is 0 Å². The Kier molecular flexibility index (Phi) is 8.99. The molecule has 2 atom stereocenters. The van der Waals surface area contributed by atoms with Gasteiger partial charge >= 0.3 is 0 Å². The number of hydrogen-bond donors (Lipinski definition) is 1. The van der Waals surface area contributed by atoms with Crippen molar-refractivity contribution in [1.82, 2.24) is 39.7 Å². The number of carbonyl (C=O) groups excluding carboxylic acids is 4. The Hall–Kier alpha value is -6.26. The van der Waals surface area contributed by atoms with Crippen molar-refractivity contribution < 1.29 is 33.4 Å². The van der Waals surface area contributed by atoms with Crippen molar-refractivity contribution >= 4 is 34.4 Å². The molecule has 5 aromatic rings. The number of nitrogens with zero attached hydrogens (tertiary/aromatic N) is 7. The van der Waals surface area contributed by atoms with Crippen LogP contribution >= 0.6 is 0 Å². The first kappa shape index (κ1) is 34.8. The lowest BCUT2D eigenvalue weighted by Gasteiger charge is -2.27. The Labute approximate surface area is 308 Å². The van der Waals surface area contributed by atoms with Crippen LogP contribution < -0.4 is 20.3 Å². The molecule has 2 fully saturated rings. The monoisotopic (exact) mass is 732 g/mol. The number of methoxy groups -OCH3 is 2. The molecular weight excluding hydrogens is 696 g/mol. The van der Waals surface area contributed by atoms with E-state index < -0.39 is 29.7 Å². The van der Waals surface area contributed by atoms with Crippen LogP contribution in [0.5, 0.6) is 11.5 Å². The van der Waals surface area contributed by atoms with Crippen LogP contribution in [0.2, 0.25) is 0 Å². The molecule has 54 heavy (non-hydrogen) atoms. The van der Waals surface area contributed by atoms with Crippen molar-refractivity contribution in [3.8, 4) is 28.3 Å². The van der Waals surface area contributed by atoms with E-state index in [1.54, 1.807) is 56.6 Å². The first-order valence-corrected chi connectivity index (χ1v) is 17.4. The molecule has 3 aliphatic heterocycles. The molecule has 276 valence electrons. The van der Waals surface area contributed by atoms with Gasteiger partial charge in [0.1, 0.15) is 23.2 Å². The maximum atomic E-state index is 13.3. The van der Waals surface area contributed by atoms with Gasteiger partial charge in [0.2, 0.25) is 11.8 Å². The fraction of sp³-hybridized carbons (Fsp3) is 0.316. The minimum Gasteiger partial charge on any atom is -0.496 e. The summed E-state index contributed by atoms with van der Waals surface area (Å²) in [5, 5.41) is 12.0. The number of aryl methyl sites for hydroxylation is 1. The molecule has 8 rings (SSSR count). The molecule has 6 heterocycles. The molecule has 4 amide bonds. The number of hydrogen-bond acceptors (Lipinski definition) is 12. The summed E-state index contributed by atoms with van der Waals surface area (Å²) in [6.45, 7) is 2.25. The SMILES string of the molecule is COc1cc(-c2cn(C)c(=O)c3cnccc23)cc(OC)c1CN1CCC(OCc2cn(-c3ccc4c(c3)C(=O)N(C3CCC(=O)NC3=O)C4=O)nn2)C1. The summed E-state index contributed by atoms with van der Waals surface area (Å²) in [5.41, 5.74) is 3.93. The second-order valence-corrected chi connectivity index (χ2v) is 13.5. The highest BCUT2D eigenvalue weighted by Gasteiger charge is 2.44. The minimum atomic E-state index is -1.04. The molecule has 0 radical (unpaired) electrons. The second kappa shape index (κ2) is 13.9. The van der Waals surface area contributed by atoms with E-state index in [1.807, 2.05) is 24.4 Å². The summed E-state index contributed by atoms with van der Waals surface area (Å²) in [6, 6.07) is 9.46. The van der Waals surface area contributed by atoms with Crippen molar-refractivity contribution in [2.24, 2.45) is 7.05 Å². The fourth-order valence-corrected chi connectivity index (χ4v) is 7.43. The van der Waals surface area contributed by atoms with E-state index in [2.05, 4.69) is 25.5 Å². The van der Waals surface area contributed by atoms with Gasteiger partial charge in [-0.1, -0.05) is 5.21 Å². The third-order valence-corrected chi connectivity index (χ3v) is 10.2. The predicted molar refractivity (Wildman–Crippen MR) is 192 cm³/mol. The molecule has 0 saturated carbocycles. The number of imide groups is 2. The summed E-state index contributed by atoms with van der Waals surface area (Å²) in [6.07, 6.45) is 7.65. The van der Waals surface area contributed by atoms with Gasteiger partial charge in [-0.25, -0.2) is 4.68 Å². The molecule has 0 aliphatic carbocycles. The van der Waals surface area contributed by atoms with E-state index >= 15 is 0 Å². The standard InChI is InChI=1S/C38H36N8O8/c1-43-18-29(25-8-10-39-15-28(25)36(43)49)21-12-32(52-2)30(33(13-21)53-3)19-44-11-9-24(17-44)54-20-22-16-45(42-41-22)23-4-5-26-27(14-23)38(51)46(37(26)50)31-6-7-34(47)40-35(31)48/h4-5,8,10,12-16,18,24,31H,6-7,9,11,17,19-20H2,1-3H3,(H,40,47,48). The highest BCUT2D eigenvalue weighted by atomic mass is 16.5. The number of likely N-dealkylation sites (tertiary alicyclic amines) is 1. The van der Waals surface area contributed by atoms with Crippen LogP contribution in [0.4, 0.5) is 0 Å². The highest BCUT2D eigenvalue weighted by Crippen LogP contribution is 2.38. The van der Waals surface area contributed by atoms with Gasteiger partial charge in [-0.3, -0.25) is 44.1 Å². The van der Waals surface area contributed by atoms with E-state index in [1.165, 1.54) is 10.7 Å². The zero-order chi connectivity index (χ0) is 37.7. The van der Waals surface area contributed by atoms with E-state index in [4.69, 9.17) is 14.2 Å².